The fourth-order valence-corrected chi connectivity index (χ4v) is 3.33. The van der Waals surface area contributed by atoms with Crippen molar-refractivity contribution in [1.82, 2.24) is 4.98 Å². The van der Waals surface area contributed by atoms with Gasteiger partial charge in [0, 0.05) is 6.42 Å². The van der Waals surface area contributed by atoms with Crippen LogP contribution in [0.25, 0.3) is 0 Å². The third-order valence-corrected chi connectivity index (χ3v) is 4.33. The van der Waals surface area contributed by atoms with Gasteiger partial charge in [0.1, 0.15) is 10.4 Å². The summed E-state index contributed by atoms with van der Waals surface area (Å²) in [6, 6.07) is 5.26. The van der Waals surface area contributed by atoms with Crippen molar-refractivity contribution >= 4 is 33.6 Å². The molecule has 2 heterocycles. The Kier molecular flexibility index (Phi) is 2.73. The lowest BCUT2D eigenvalue weighted by atomic mass is 9.84. The summed E-state index contributed by atoms with van der Waals surface area (Å²) in [5, 5.41) is 0. The molecular weight excluding hydrogens is 296 g/mol. The third kappa shape index (κ3) is 1.68. The van der Waals surface area contributed by atoms with Gasteiger partial charge in [-0.3, -0.25) is 9.59 Å². The van der Waals surface area contributed by atoms with Crippen LogP contribution in [0.15, 0.2) is 22.8 Å². The molecule has 3 rings (SSSR count). The first-order valence-corrected chi connectivity index (χ1v) is 6.92. The van der Waals surface area contributed by atoms with Crippen molar-refractivity contribution in [3.05, 3.63) is 22.8 Å². The number of pyridine rings is 1. The van der Waals surface area contributed by atoms with Crippen LogP contribution in [-0.4, -0.2) is 16.8 Å². The van der Waals surface area contributed by atoms with E-state index >= 15 is 0 Å². The summed E-state index contributed by atoms with van der Waals surface area (Å²) in [4.78, 5) is 30.1. The summed E-state index contributed by atoms with van der Waals surface area (Å²) < 4.78 is 0.632. The summed E-state index contributed by atoms with van der Waals surface area (Å²) in [5.74, 6) is 0.256. The normalized spacial score (nSPS) is 22.2. The number of halogens is 1. The van der Waals surface area contributed by atoms with Gasteiger partial charge in [0.05, 0.1) is 5.41 Å². The molecule has 0 bridgehead atoms. The van der Waals surface area contributed by atoms with Crippen molar-refractivity contribution in [2.24, 2.45) is 5.41 Å². The van der Waals surface area contributed by atoms with Crippen molar-refractivity contribution in [2.45, 2.75) is 32.1 Å². The maximum absolute atomic E-state index is 12.5. The van der Waals surface area contributed by atoms with E-state index in [0.29, 0.717) is 16.8 Å². The summed E-state index contributed by atoms with van der Waals surface area (Å²) in [5.41, 5.74) is -0.429. The molecule has 1 aromatic heterocycles. The lowest BCUT2D eigenvalue weighted by Crippen LogP contribution is -2.34. The third-order valence-electron chi connectivity index (χ3n) is 3.89. The molecule has 1 aromatic rings. The van der Waals surface area contributed by atoms with Crippen LogP contribution >= 0.6 is 15.9 Å². The fourth-order valence-electron chi connectivity index (χ4n) is 2.99. The largest absolute Gasteiger partial charge is 0.274 e. The molecule has 4 nitrogen and oxygen atoms in total. The van der Waals surface area contributed by atoms with Crippen LogP contribution in [0.3, 0.4) is 0 Å². The van der Waals surface area contributed by atoms with Gasteiger partial charge in [0.2, 0.25) is 11.8 Å². The molecule has 5 heteroatoms. The minimum absolute atomic E-state index is 0.0596. The number of nitrogens with zero attached hydrogens (tertiary/aromatic N) is 2. The predicted molar refractivity (Wildman–Crippen MR) is 69.9 cm³/mol. The van der Waals surface area contributed by atoms with Crippen LogP contribution in [0.4, 0.5) is 5.82 Å². The zero-order valence-corrected chi connectivity index (χ0v) is 11.4. The first-order valence-electron chi connectivity index (χ1n) is 6.12. The van der Waals surface area contributed by atoms with E-state index in [2.05, 4.69) is 20.9 Å². The molecule has 0 radical (unpaired) electrons. The van der Waals surface area contributed by atoms with E-state index in [-0.39, 0.29) is 11.8 Å². The topological polar surface area (TPSA) is 50.3 Å². The summed E-state index contributed by atoms with van der Waals surface area (Å²) in [6.07, 6.45) is 4.10. The molecule has 2 fully saturated rings. The number of rotatable bonds is 1. The van der Waals surface area contributed by atoms with Gasteiger partial charge in [0.15, 0.2) is 0 Å². The highest BCUT2D eigenvalue weighted by Crippen LogP contribution is 2.47. The number of anilines is 1. The lowest BCUT2D eigenvalue weighted by Gasteiger charge is -2.20. The highest BCUT2D eigenvalue weighted by Gasteiger charge is 2.53. The molecular formula is C13H13BrN2O2. The zero-order chi connectivity index (χ0) is 12.8. The molecule has 2 amide bonds. The molecule has 1 saturated carbocycles. The van der Waals surface area contributed by atoms with Gasteiger partial charge in [-0.2, -0.15) is 0 Å². The smallest absolute Gasteiger partial charge is 0.241 e. The Morgan fingerprint density at radius 2 is 1.94 bits per heavy atom. The van der Waals surface area contributed by atoms with Gasteiger partial charge in [-0.1, -0.05) is 18.9 Å². The Morgan fingerprint density at radius 3 is 2.61 bits per heavy atom. The minimum atomic E-state index is -0.429. The van der Waals surface area contributed by atoms with E-state index in [4.69, 9.17) is 0 Å². The second-order valence-electron chi connectivity index (χ2n) is 5.02. The van der Waals surface area contributed by atoms with Gasteiger partial charge < -0.3 is 0 Å². The molecule has 1 aliphatic carbocycles. The first-order chi connectivity index (χ1) is 8.62. The zero-order valence-electron chi connectivity index (χ0n) is 9.86. The molecule has 0 aromatic carbocycles. The van der Waals surface area contributed by atoms with E-state index in [1.165, 1.54) is 4.90 Å². The average molecular weight is 309 g/mol. The number of imide groups is 1. The molecule has 1 spiro atoms. The highest BCUT2D eigenvalue weighted by atomic mass is 79.9. The fraction of sp³-hybridized carbons (Fsp3) is 0.462. The van der Waals surface area contributed by atoms with Gasteiger partial charge in [-0.05, 0) is 40.9 Å². The Bertz CT molecular complexity index is 523. The standard InChI is InChI=1S/C13H13BrN2O2/c14-9-4-3-5-10(15-9)16-11(17)8-13(12(16)18)6-1-2-7-13/h3-5H,1-2,6-8H2. The molecule has 0 atom stereocenters. The summed E-state index contributed by atoms with van der Waals surface area (Å²) in [7, 11) is 0. The number of hydrogen-bond acceptors (Lipinski definition) is 3. The number of amides is 2. The molecule has 0 unspecified atom stereocenters. The minimum Gasteiger partial charge on any atom is -0.274 e. The van der Waals surface area contributed by atoms with Crippen LogP contribution in [-0.2, 0) is 9.59 Å². The SMILES string of the molecule is O=C1CC2(CCCC2)C(=O)N1c1cccc(Br)n1. The van der Waals surface area contributed by atoms with Crippen molar-refractivity contribution < 1.29 is 9.59 Å². The first kappa shape index (κ1) is 11.8. The van der Waals surface area contributed by atoms with Gasteiger partial charge in [-0.25, -0.2) is 9.88 Å². The number of carbonyl (C=O) groups is 2. The molecule has 1 aliphatic heterocycles. The Balaban J connectivity index is 1.98. The maximum Gasteiger partial charge on any atom is 0.241 e. The van der Waals surface area contributed by atoms with Gasteiger partial charge in [0.25, 0.3) is 0 Å². The Hall–Kier alpha value is -1.23. The Morgan fingerprint density at radius 1 is 1.22 bits per heavy atom. The van der Waals surface area contributed by atoms with Crippen LogP contribution in [0.2, 0.25) is 0 Å². The second kappa shape index (κ2) is 4.16. The maximum atomic E-state index is 12.5. The monoisotopic (exact) mass is 308 g/mol. The van der Waals surface area contributed by atoms with Crippen molar-refractivity contribution in [3.8, 4) is 0 Å². The second-order valence-corrected chi connectivity index (χ2v) is 5.83. The van der Waals surface area contributed by atoms with Crippen LogP contribution in [0.5, 0.6) is 0 Å². The molecule has 18 heavy (non-hydrogen) atoms. The van der Waals surface area contributed by atoms with Crippen LogP contribution in [0.1, 0.15) is 32.1 Å². The average Bonchev–Trinajstić information content (AvgIpc) is 2.87. The van der Waals surface area contributed by atoms with Crippen molar-refractivity contribution in [3.63, 3.8) is 0 Å². The summed E-state index contributed by atoms with van der Waals surface area (Å²) >= 11 is 3.26. The van der Waals surface area contributed by atoms with E-state index in [1.54, 1.807) is 18.2 Å². The number of carbonyl (C=O) groups excluding carboxylic acids is 2. The number of hydrogen-bond donors (Lipinski definition) is 0. The molecule has 94 valence electrons. The molecule has 2 aliphatic rings. The highest BCUT2D eigenvalue weighted by molar-refractivity contribution is 9.10. The molecule has 0 N–H and O–H groups in total. The van der Waals surface area contributed by atoms with Crippen LogP contribution in [0, 0.1) is 5.41 Å². The van der Waals surface area contributed by atoms with Crippen LogP contribution < -0.4 is 4.90 Å². The number of aromatic nitrogens is 1. The van der Waals surface area contributed by atoms with Crippen molar-refractivity contribution in [1.29, 1.82) is 0 Å². The van der Waals surface area contributed by atoms with E-state index < -0.39 is 5.41 Å². The molecule has 1 saturated heterocycles. The van der Waals surface area contributed by atoms with Gasteiger partial charge in [-0.15, -0.1) is 0 Å². The van der Waals surface area contributed by atoms with E-state index in [1.807, 2.05) is 0 Å². The van der Waals surface area contributed by atoms with E-state index in [9.17, 15) is 9.59 Å². The van der Waals surface area contributed by atoms with Gasteiger partial charge >= 0.3 is 0 Å². The Labute approximate surface area is 114 Å². The lowest BCUT2D eigenvalue weighted by molar-refractivity contribution is -0.125. The predicted octanol–water partition coefficient (Wildman–Crippen LogP) is 2.67. The quantitative estimate of drug-likeness (QED) is 0.592. The van der Waals surface area contributed by atoms with Crippen molar-refractivity contribution in [2.75, 3.05) is 4.90 Å². The van der Waals surface area contributed by atoms with E-state index in [0.717, 1.165) is 25.7 Å². The summed E-state index contributed by atoms with van der Waals surface area (Å²) in [6.45, 7) is 0.